The molecule has 3 N–H and O–H groups in total. The number of rotatable bonds is 4. The van der Waals surface area contributed by atoms with Crippen molar-refractivity contribution >= 4 is 23.6 Å². The zero-order chi connectivity index (χ0) is 17.6. The number of nitrogens with zero attached hydrogens (tertiary/aromatic N) is 1. The van der Waals surface area contributed by atoms with E-state index in [1.54, 1.807) is 30.3 Å². The van der Waals surface area contributed by atoms with Gasteiger partial charge in [0.05, 0.1) is 11.4 Å². The van der Waals surface area contributed by atoms with Crippen LogP contribution in [0.2, 0.25) is 0 Å². The zero-order valence-corrected chi connectivity index (χ0v) is 14.3. The van der Waals surface area contributed by atoms with Crippen molar-refractivity contribution in [2.75, 3.05) is 5.75 Å². The largest absolute Gasteiger partial charge is 0.301 e. The van der Waals surface area contributed by atoms with Crippen molar-refractivity contribution in [3.63, 3.8) is 0 Å². The van der Waals surface area contributed by atoms with Crippen LogP contribution in [0.25, 0.3) is 0 Å². The SMILES string of the molecule is O=C(CSc1nc2c(c(=O)[nH]1)CCCC2)NNC(=O)c1ccccc1. The first kappa shape index (κ1) is 17.2. The minimum absolute atomic E-state index is 0.0385. The highest BCUT2D eigenvalue weighted by Gasteiger charge is 2.16. The second kappa shape index (κ2) is 7.98. The molecule has 2 aromatic rings. The number of hydrogen-bond acceptors (Lipinski definition) is 5. The minimum Gasteiger partial charge on any atom is -0.301 e. The van der Waals surface area contributed by atoms with Crippen molar-refractivity contribution in [1.29, 1.82) is 0 Å². The van der Waals surface area contributed by atoms with Crippen LogP contribution in [0.4, 0.5) is 0 Å². The fourth-order valence-electron chi connectivity index (χ4n) is 2.61. The molecule has 0 fully saturated rings. The molecule has 0 saturated carbocycles. The van der Waals surface area contributed by atoms with Gasteiger partial charge in [-0.05, 0) is 37.8 Å². The summed E-state index contributed by atoms with van der Waals surface area (Å²) in [5.41, 5.74) is 6.62. The molecule has 2 amide bonds. The third kappa shape index (κ3) is 4.48. The number of carbonyl (C=O) groups excluding carboxylic acids is 2. The van der Waals surface area contributed by atoms with Crippen LogP contribution < -0.4 is 16.4 Å². The number of nitrogens with one attached hydrogen (secondary N) is 3. The van der Waals surface area contributed by atoms with Crippen molar-refractivity contribution in [2.24, 2.45) is 0 Å². The average Bonchev–Trinajstić information content (AvgIpc) is 2.65. The van der Waals surface area contributed by atoms with E-state index in [0.29, 0.717) is 10.7 Å². The summed E-state index contributed by atoms with van der Waals surface area (Å²) in [6, 6.07) is 8.59. The normalized spacial score (nSPS) is 13.0. The van der Waals surface area contributed by atoms with Gasteiger partial charge in [-0.2, -0.15) is 0 Å². The van der Waals surface area contributed by atoms with E-state index in [0.717, 1.165) is 48.7 Å². The van der Waals surface area contributed by atoms with Gasteiger partial charge in [-0.3, -0.25) is 25.2 Å². The summed E-state index contributed by atoms with van der Waals surface area (Å²) in [4.78, 5) is 42.9. The van der Waals surface area contributed by atoms with Crippen molar-refractivity contribution in [1.82, 2.24) is 20.8 Å². The van der Waals surface area contributed by atoms with Crippen molar-refractivity contribution < 1.29 is 9.59 Å². The summed E-state index contributed by atoms with van der Waals surface area (Å²) in [6.45, 7) is 0. The van der Waals surface area contributed by atoms with Crippen molar-refractivity contribution in [3.8, 4) is 0 Å². The number of hydrogen-bond donors (Lipinski definition) is 3. The molecule has 130 valence electrons. The second-order valence-electron chi connectivity index (χ2n) is 5.66. The highest BCUT2D eigenvalue weighted by Crippen LogP contribution is 2.19. The molecule has 3 rings (SSSR count). The van der Waals surface area contributed by atoms with Gasteiger partial charge in [0.1, 0.15) is 0 Å². The summed E-state index contributed by atoms with van der Waals surface area (Å²) >= 11 is 1.13. The maximum absolute atomic E-state index is 12.0. The van der Waals surface area contributed by atoms with Gasteiger partial charge in [0.15, 0.2) is 5.16 Å². The molecule has 0 saturated heterocycles. The Kier molecular flexibility index (Phi) is 5.49. The van der Waals surface area contributed by atoms with E-state index in [2.05, 4.69) is 20.8 Å². The van der Waals surface area contributed by atoms with Gasteiger partial charge in [-0.25, -0.2) is 4.98 Å². The van der Waals surface area contributed by atoms with Gasteiger partial charge < -0.3 is 4.98 Å². The number of benzene rings is 1. The number of thioether (sulfide) groups is 1. The number of aromatic amines is 1. The maximum Gasteiger partial charge on any atom is 0.269 e. The Balaban J connectivity index is 1.52. The standard InChI is InChI=1S/C17H18N4O3S/c22-14(20-21-15(23)11-6-2-1-3-7-11)10-25-17-18-13-9-5-4-8-12(13)16(24)19-17/h1-3,6-7H,4-5,8-10H2,(H,20,22)(H,21,23)(H,18,19,24). The van der Waals surface area contributed by atoms with Crippen LogP contribution in [0.5, 0.6) is 0 Å². The minimum atomic E-state index is -0.390. The van der Waals surface area contributed by atoms with Gasteiger partial charge in [0, 0.05) is 11.1 Å². The Morgan fingerprint density at radius 1 is 1.12 bits per heavy atom. The summed E-state index contributed by atoms with van der Waals surface area (Å²) in [5, 5.41) is 0.426. The average molecular weight is 358 g/mol. The third-order valence-electron chi connectivity index (χ3n) is 3.86. The van der Waals surface area contributed by atoms with Gasteiger partial charge in [-0.1, -0.05) is 30.0 Å². The Morgan fingerprint density at radius 3 is 2.68 bits per heavy atom. The van der Waals surface area contributed by atoms with Gasteiger partial charge in [-0.15, -0.1) is 0 Å². The molecule has 7 nitrogen and oxygen atoms in total. The molecule has 1 aromatic carbocycles. The van der Waals surface area contributed by atoms with Gasteiger partial charge in [0.25, 0.3) is 11.5 Å². The molecule has 25 heavy (non-hydrogen) atoms. The quantitative estimate of drug-likeness (QED) is 0.433. The first-order chi connectivity index (χ1) is 12.1. The first-order valence-corrected chi connectivity index (χ1v) is 9.01. The number of carbonyl (C=O) groups is 2. The number of aryl methyl sites for hydroxylation is 1. The highest BCUT2D eigenvalue weighted by atomic mass is 32.2. The summed E-state index contributed by atoms with van der Waals surface area (Å²) in [6.07, 6.45) is 3.59. The van der Waals surface area contributed by atoms with E-state index >= 15 is 0 Å². The predicted octanol–water partition coefficient (Wildman–Crippen LogP) is 1.20. The van der Waals surface area contributed by atoms with Crippen LogP contribution in [0.3, 0.4) is 0 Å². The molecule has 1 aromatic heterocycles. The Bertz CT molecular complexity index is 836. The Hall–Kier alpha value is -2.61. The summed E-state index contributed by atoms with van der Waals surface area (Å²) < 4.78 is 0. The van der Waals surface area contributed by atoms with E-state index in [1.807, 2.05) is 0 Å². The van der Waals surface area contributed by atoms with Crippen LogP contribution in [-0.4, -0.2) is 27.5 Å². The number of H-pyrrole nitrogens is 1. The zero-order valence-electron chi connectivity index (χ0n) is 13.5. The molecular formula is C17H18N4O3S. The van der Waals surface area contributed by atoms with Crippen LogP contribution in [0.1, 0.15) is 34.5 Å². The lowest BCUT2D eigenvalue weighted by atomic mass is 9.97. The van der Waals surface area contributed by atoms with Crippen molar-refractivity contribution in [3.05, 3.63) is 57.5 Å². The predicted molar refractivity (Wildman–Crippen MR) is 94.3 cm³/mol. The van der Waals surface area contributed by atoms with Crippen LogP contribution in [0, 0.1) is 0 Å². The first-order valence-electron chi connectivity index (χ1n) is 8.02. The van der Waals surface area contributed by atoms with Crippen LogP contribution in [-0.2, 0) is 17.6 Å². The molecule has 0 unspecified atom stereocenters. The highest BCUT2D eigenvalue weighted by molar-refractivity contribution is 7.99. The molecule has 1 aliphatic carbocycles. The molecule has 8 heteroatoms. The number of hydrazine groups is 1. The van der Waals surface area contributed by atoms with E-state index < -0.39 is 0 Å². The number of aromatic nitrogens is 2. The second-order valence-corrected chi connectivity index (χ2v) is 6.62. The molecular weight excluding hydrogens is 340 g/mol. The molecule has 0 aliphatic heterocycles. The third-order valence-corrected chi connectivity index (χ3v) is 4.73. The topological polar surface area (TPSA) is 104 Å². The van der Waals surface area contributed by atoms with E-state index in [9.17, 15) is 14.4 Å². The Morgan fingerprint density at radius 2 is 1.88 bits per heavy atom. The molecule has 1 aliphatic rings. The van der Waals surface area contributed by atoms with E-state index in [-0.39, 0.29) is 23.1 Å². The fourth-order valence-corrected chi connectivity index (χ4v) is 3.29. The molecule has 0 spiro atoms. The van der Waals surface area contributed by atoms with Crippen molar-refractivity contribution in [2.45, 2.75) is 30.8 Å². The summed E-state index contributed by atoms with van der Waals surface area (Å²) in [5.74, 6) is -0.731. The van der Waals surface area contributed by atoms with E-state index in [4.69, 9.17) is 0 Å². The van der Waals surface area contributed by atoms with Crippen LogP contribution >= 0.6 is 11.8 Å². The lowest BCUT2D eigenvalue weighted by molar-refractivity contribution is -0.119. The van der Waals surface area contributed by atoms with E-state index in [1.165, 1.54) is 0 Å². The van der Waals surface area contributed by atoms with Gasteiger partial charge in [0.2, 0.25) is 5.91 Å². The smallest absolute Gasteiger partial charge is 0.269 e. The number of amides is 2. The van der Waals surface area contributed by atoms with Gasteiger partial charge >= 0.3 is 0 Å². The fraction of sp³-hybridized carbons (Fsp3) is 0.294. The summed E-state index contributed by atoms with van der Waals surface area (Å²) in [7, 11) is 0. The number of fused-ring (bicyclic) bond motifs is 1. The molecule has 0 atom stereocenters. The Labute approximate surface area is 148 Å². The molecule has 0 radical (unpaired) electrons. The lowest BCUT2D eigenvalue weighted by Crippen LogP contribution is -2.42. The lowest BCUT2D eigenvalue weighted by Gasteiger charge is -2.14. The maximum atomic E-state index is 12.0. The molecule has 0 bridgehead atoms. The van der Waals surface area contributed by atoms with Crippen LogP contribution in [0.15, 0.2) is 40.3 Å². The molecule has 1 heterocycles. The monoisotopic (exact) mass is 358 g/mol.